The molecule has 1 fully saturated rings. The lowest BCUT2D eigenvalue weighted by Gasteiger charge is -2.20. The molecule has 0 radical (unpaired) electrons. The number of amides is 1. The number of aliphatic carboxylic acids is 1. The summed E-state index contributed by atoms with van der Waals surface area (Å²) in [5.41, 5.74) is -0.0219. The number of carbonyl (C=O) groups excluding carboxylic acids is 1. The SMILES string of the molecule is CC(C)(C)CC(=O)NCC1CCCC1C(=O)O. The van der Waals surface area contributed by atoms with Gasteiger partial charge in [-0.15, -0.1) is 0 Å². The molecule has 1 rings (SSSR count). The fraction of sp³-hybridized carbons (Fsp3) is 0.846. The Kier molecular flexibility index (Phi) is 4.54. The zero-order valence-corrected chi connectivity index (χ0v) is 11.0. The second kappa shape index (κ2) is 5.52. The van der Waals surface area contributed by atoms with E-state index in [4.69, 9.17) is 5.11 Å². The average Bonchev–Trinajstić information content (AvgIpc) is 2.59. The lowest BCUT2D eigenvalue weighted by Crippen LogP contribution is -2.34. The Morgan fingerprint density at radius 1 is 1.29 bits per heavy atom. The minimum atomic E-state index is -0.724. The molecule has 0 spiro atoms. The molecule has 1 aliphatic rings. The van der Waals surface area contributed by atoms with Crippen LogP contribution in [0.2, 0.25) is 0 Å². The van der Waals surface area contributed by atoms with Crippen LogP contribution in [0.15, 0.2) is 0 Å². The first-order valence-corrected chi connectivity index (χ1v) is 6.29. The van der Waals surface area contributed by atoms with Crippen molar-refractivity contribution in [2.24, 2.45) is 17.3 Å². The molecule has 1 aliphatic carbocycles. The third-order valence-corrected chi connectivity index (χ3v) is 3.23. The molecule has 2 unspecified atom stereocenters. The maximum atomic E-state index is 11.6. The van der Waals surface area contributed by atoms with Crippen molar-refractivity contribution in [1.82, 2.24) is 5.32 Å². The molecule has 4 heteroatoms. The number of hydrogen-bond donors (Lipinski definition) is 2. The third kappa shape index (κ3) is 4.75. The number of carboxylic acids is 1. The second-order valence-electron chi connectivity index (χ2n) is 6.18. The highest BCUT2D eigenvalue weighted by Crippen LogP contribution is 2.31. The van der Waals surface area contributed by atoms with Crippen LogP contribution in [0.4, 0.5) is 0 Å². The van der Waals surface area contributed by atoms with Gasteiger partial charge < -0.3 is 10.4 Å². The fourth-order valence-electron chi connectivity index (χ4n) is 2.40. The van der Waals surface area contributed by atoms with E-state index in [1.807, 2.05) is 20.8 Å². The summed E-state index contributed by atoms with van der Waals surface area (Å²) in [5, 5.41) is 11.9. The lowest BCUT2D eigenvalue weighted by atomic mass is 9.91. The van der Waals surface area contributed by atoms with Gasteiger partial charge in [-0.1, -0.05) is 27.2 Å². The van der Waals surface area contributed by atoms with Crippen LogP contribution in [0.25, 0.3) is 0 Å². The molecular weight excluding hydrogens is 218 g/mol. The summed E-state index contributed by atoms with van der Waals surface area (Å²) in [6.07, 6.45) is 3.09. The first-order valence-electron chi connectivity index (χ1n) is 6.29. The van der Waals surface area contributed by atoms with Crippen LogP contribution >= 0.6 is 0 Å². The quantitative estimate of drug-likeness (QED) is 0.791. The molecule has 2 atom stereocenters. The fourth-order valence-corrected chi connectivity index (χ4v) is 2.40. The zero-order chi connectivity index (χ0) is 13.1. The van der Waals surface area contributed by atoms with Crippen LogP contribution < -0.4 is 5.32 Å². The molecule has 1 amide bonds. The topological polar surface area (TPSA) is 66.4 Å². The van der Waals surface area contributed by atoms with Gasteiger partial charge in [-0.2, -0.15) is 0 Å². The third-order valence-electron chi connectivity index (χ3n) is 3.23. The molecule has 0 bridgehead atoms. The summed E-state index contributed by atoms with van der Waals surface area (Å²) in [6.45, 7) is 6.55. The van der Waals surface area contributed by atoms with E-state index >= 15 is 0 Å². The first-order chi connectivity index (χ1) is 7.79. The van der Waals surface area contributed by atoms with Gasteiger partial charge in [0.15, 0.2) is 0 Å². The van der Waals surface area contributed by atoms with Crippen molar-refractivity contribution in [2.45, 2.75) is 46.5 Å². The van der Waals surface area contributed by atoms with Crippen molar-refractivity contribution in [2.75, 3.05) is 6.54 Å². The Hall–Kier alpha value is -1.06. The summed E-state index contributed by atoms with van der Waals surface area (Å²) in [5.74, 6) is -0.868. The molecule has 0 aromatic heterocycles. The molecule has 0 aliphatic heterocycles. The van der Waals surface area contributed by atoms with Crippen LogP contribution in [0, 0.1) is 17.3 Å². The molecule has 98 valence electrons. The van der Waals surface area contributed by atoms with E-state index in [9.17, 15) is 9.59 Å². The Morgan fingerprint density at radius 2 is 1.94 bits per heavy atom. The van der Waals surface area contributed by atoms with Crippen molar-refractivity contribution in [3.63, 3.8) is 0 Å². The highest BCUT2D eigenvalue weighted by molar-refractivity contribution is 5.76. The summed E-state index contributed by atoms with van der Waals surface area (Å²) < 4.78 is 0. The van der Waals surface area contributed by atoms with Crippen molar-refractivity contribution in [3.05, 3.63) is 0 Å². The van der Waals surface area contributed by atoms with E-state index in [0.29, 0.717) is 13.0 Å². The predicted octanol–water partition coefficient (Wildman–Crippen LogP) is 2.04. The standard InChI is InChI=1S/C13H23NO3/c1-13(2,3)7-11(15)14-8-9-5-4-6-10(9)12(16)17/h9-10H,4-8H2,1-3H3,(H,14,15)(H,16,17). The van der Waals surface area contributed by atoms with Crippen molar-refractivity contribution < 1.29 is 14.7 Å². The Balaban J connectivity index is 2.35. The van der Waals surface area contributed by atoms with Gasteiger partial charge in [0.25, 0.3) is 0 Å². The lowest BCUT2D eigenvalue weighted by molar-refractivity contribution is -0.143. The highest BCUT2D eigenvalue weighted by Gasteiger charge is 2.32. The molecule has 17 heavy (non-hydrogen) atoms. The molecule has 4 nitrogen and oxygen atoms in total. The van der Waals surface area contributed by atoms with Crippen molar-refractivity contribution >= 4 is 11.9 Å². The van der Waals surface area contributed by atoms with Gasteiger partial charge in [-0.25, -0.2) is 0 Å². The van der Waals surface area contributed by atoms with Gasteiger partial charge in [0.1, 0.15) is 0 Å². The van der Waals surface area contributed by atoms with E-state index in [0.717, 1.165) is 19.3 Å². The van der Waals surface area contributed by atoms with Gasteiger partial charge >= 0.3 is 5.97 Å². The van der Waals surface area contributed by atoms with Gasteiger partial charge in [-0.3, -0.25) is 9.59 Å². The molecule has 0 heterocycles. The maximum Gasteiger partial charge on any atom is 0.306 e. The predicted molar refractivity (Wildman–Crippen MR) is 65.5 cm³/mol. The Bertz CT molecular complexity index is 294. The minimum absolute atomic E-state index is 0.0218. The molecule has 2 N–H and O–H groups in total. The van der Waals surface area contributed by atoms with E-state index in [1.165, 1.54) is 0 Å². The number of rotatable bonds is 4. The molecule has 0 aromatic rings. The van der Waals surface area contributed by atoms with E-state index in [-0.39, 0.29) is 23.2 Å². The van der Waals surface area contributed by atoms with Crippen LogP contribution in [-0.4, -0.2) is 23.5 Å². The molecular formula is C13H23NO3. The Morgan fingerprint density at radius 3 is 2.47 bits per heavy atom. The smallest absolute Gasteiger partial charge is 0.306 e. The maximum absolute atomic E-state index is 11.6. The van der Waals surface area contributed by atoms with E-state index in [2.05, 4.69) is 5.32 Å². The van der Waals surface area contributed by atoms with Crippen LogP contribution in [0.3, 0.4) is 0 Å². The second-order valence-corrected chi connectivity index (χ2v) is 6.18. The number of hydrogen-bond acceptors (Lipinski definition) is 2. The summed E-state index contributed by atoms with van der Waals surface area (Å²) in [4.78, 5) is 22.6. The zero-order valence-electron chi connectivity index (χ0n) is 11.0. The molecule has 1 saturated carbocycles. The summed E-state index contributed by atoms with van der Waals surface area (Å²) in [6, 6.07) is 0. The normalized spacial score (nSPS) is 24.6. The molecule has 0 saturated heterocycles. The van der Waals surface area contributed by atoms with Crippen molar-refractivity contribution in [1.29, 1.82) is 0 Å². The summed E-state index contributed by atoms with van der Waals surface area (Å²) in [7, 11) is 0. The first kappa shape index (κ1) is 14.0. The van der Waals surface area contributed by atoms with Crippen molar-refractivity contribution in [3.8, 4) is 0 Å². The number of carbonyl (C=O) groups is 2. The Labute approximate surface area is 103 Å². The average molecular weight is 241 g/mol. The molecule has 0 aromatic carbocycles. The van der Waals surface area contributed by atoms with Gasteiger partial charge in [0, 0.05) is 13.0 Å². The van der Waals surface area contributed by atoms with Crippen LogP contribution in [-0.2, 0) is 9.59 Å². The number of carboxylic acid groups (broad SMARTS) is 1. The number of nitrogens with one attached hydrogen (secondary N) is 1. The largest absolute Gasteiger partial charge is 0.481 e. The van der Waals surface area contributed by atoms with Crippen LogP contribution in [0.5, 0.6) is 0 Å². The minimum Gasteiger partial charge on any atom is -0.481 e. The monoisotopic (exact) mass is 241 g/mol. The van der Waals surface area contributed by atoms with E-state index in [1.54, 1.807) is 0 Å². The summed E-state index contributed by atoms with van der Waals surface area (Å²) >= 11 is 0. The highest BCUT2D eigenvalue weighted by atomic mass is 16.4. The van der Waals surface area contributed by atoms with E-state index < -0.39 is 5.97 Å². The van der Waals surface area contributed by atoms with Gasteiger partial charge in [-0.05, 0) is 24.2 Å². The van der Waals surface area contributed by atoms with Gasteiger partial charge in [0.2, 0.25) is 5.91 Å². The van der Waals surface area contributed by atoms with Crippen LogP contribution in [0.1, 0.15) is 46.5 Å². The van der Waals surface area contributed by atoms with Gasteiger partial charge in [0.05, 0.1) is 5.92 Å².